The van der Waals surface area contributed by atoms with Crippen molar-refractivity contribution in [2.45, 2.75) is 0 Å². The highest BCUT2D eigenvalue weighted by molar-refractivity contribution is 5.96. The van der Waals surface area contributed by atoms with Crippen LogP contribution in [0, 0.1) is 0 Å². The number of hydrogen-bond donors (Lipinski definition) is 1. The van der Waals surface area contributed by atoms with Gasteiger partial charge in [0.15, 0.2) is 0 Å². The molecule has 0 saturated heterocycles. The lowest BCUT2D eigenvalue weighted by molar-refractivity contribution is 1.10. The first kappa shape index (κ1) is 13.1. The van der Waals surface area contributed by atoms with Gasteiger partial charge >= 0.3 is 0 Å². The van der Waals surface area contributed by atoms with Gasteiger partial charge in [0.2, 0.25) is 0 Å². The van der Waals surface area contributed by atoms with E-state index in [9.17, 15) is 0 Å². The highest BCUT2D eigenvalue weighted by atomic mass is 15.1. The molecule has 2 aromatic heterocycles. The molecule has 1 N–H and O–H groups in total. The van der Waals surface area contributed by atoms with Crippen LogP contribution in [0.25, 0.3) is 39.0 Å². The monoisotopic (exact) mass is 309 g/mol. The minimum Gasteiger partial charge on any atom is -0.360 e. The average molecular weight is 309 g/mol. The number of aromatic nitrogens is 3. The van der Waals surface area contributed by atoms with E-state index in [1.807, 2.05) is 24.4 Å². The summed E-state index contributed by atoms with van der Waals surface area (Å²) < 4.78 is 2.23. The van der Waals surface area contributed by atoms with Crippen LogP contribution in [0.5, 0.6) is 0 Å². The lowest BCUT2D eigenvalue weighted by Crippen LogP contribution is -1.96. The highest BCUT2D eigenvalue weighted by Gasteiger charge is 2.16. The maximum absolute atomic E-state index is 4.92. The van der Waals surface area contributed by atoms with Crippen molar-refractivity contribution in [3.63, 3.8) is 0 Å². The van der Waals surface area contributed by atoms with Crippen molar-refractivity contribution in [3.05, 3.63) is 85.1 Å². The number of hydrogen-bond acceptors (Lipinski definition) is 1. The number of nitrogens with one attached hydrogen (secondary N) is 1. The molecule has 3 nitrogen and oxygen atoms in total. The molecule has 0 amide bonds. The van der Waals surface area contributed by atoms with E-state index >= 15 is 0 Å². The first-order valence-corrected chi connectivity index (χ1v) is 8.01. The van der Waals surface area contributed by atoms with Crippen LogP contribution in [0.3, 0.4) is 0 Å². The third-order valence-corrected chi connectivity index (χ3v) is 4.41. The minimum atomic E-state index is 0.958. The van der Waals surface area contributed by atoms with Gasteiger partial charge in [-0.25, -0.2) is 4.98 Å². The van der Waals surface area contributed by atoms with Gasteiger partial charge in [-0.2, -0.15) is 0 Å². The molecule has 0 saturated carbocycles. The molecule has 0 aliphatic rings. The maximum atomic E-state index is 4.92. The Kier molecular flexibility index (Phi) is 2.79. The molecule has 0 spiro atoms. The smallest absolute Gasteiger partial charge is 0.147 e. The van der Waals surface area contributed by atoms with Crippen molar-refractivity contribution < 1.29 is 0 Å². The van der Waals surface area contributed by atoms with Crippen LogP contribution >= 0.6 is 0 Å². The van der Waals surface area contributed by atoms with Gasteiger partial charge in [-0.3, -0.25) is 4.57 Å². The van der Waals surface area contributed by atoms with Crippen LogP contribution < -0.4 is 0 Å². The Bertz CT molecular complexity index is 1150. The second kappa shape index (κ2) is 5.10. The second-order valence-electron chi connectivity index (χ2n) is 5.84. The normalized spacial score (nSPS) is 11.3. The number of nitrogens with zero attached hydrogens (tertiary/aromatic N) is 2. The molecule has 0 bridgehead atoms. The lowest BCUT2D eigenvalue weighted by Gasteiger charge is -2.08. The van der Waals surface area contributed by atoms with E-state index in [0.717, 1.165) is 33.6 Å². The van der Waals surface area contributed by atoms with Gasteiger partial charge in [0, 0.05) is 28.4 Å². The summed E-state index contributed by atoms with van der Waals surface area (Å²) in [7, 11) is 0. The summed E-state index contributed by atoms with van der Waals surface area (Å²) in [6, 6.07) is 27.0. The van der Waals surface area contributed by atoms with Crippen molar-refractivity contribution in [1.29, 1.82) is 0 Å². The van der Waals surface area contributed by atoms with Crippen molar-refractivity contribution >= 4 is 21.9 Å². The molecule has 24 heavy (non-hydrogen) atoms. The van der Waals surface area contributed by atoms with Gasteiger partial charge in [0.05, 0.1) is 11.0 Å². The molecule has 5 aromatic rings. The van der Waals surface area contributed by atoms with Crippen molar-refractivity contribution in [3.8, 4) is 17.1 Å². The highest BCUT2D eigenvalue weighted by Crippen LogP contribution is 2.32. The van der Waals surface area contributed by atoms with E-state index < -0.39 is 0 Å². The number of H-pyrrole nitrogens is 1. The predicted octanol–water partition coefficient (Wildman–Crippen LogP) is 5.17. The number of fused-ring (bicyclic) bond motifs is 2. The predicted molar refractivity (Wildman–Crippen MR) is 98.4 cm³/mol. The molecular formula is C21H15N3. The summed E-state index contributed by atoms with van der Waals surface area (Å²) in [5.41, 5.74) is 5.47. The van der Waals surface area contributed by atoms with Gasteiger partial charge in [-0.05, 0) is 30.3 Å². The second-order valence-corrected chi connectivity index (χ2v) is 5.84. The fourth-order valence-electron chi connectivity index (χ4n) is 3.30. The van der Waals surface area contributed by atoms with E-state index in [-0.39, 0.29) is 0 Å². The maximum Gasteiger partial charge on any atom is 0.147 e. The van der Waals surface area contributed by atoms with Crippen LogP contribution in [0.2, 0.25) is 0 Å². The summed E-state index contributed by atoms with van der Waals surface area (Å²) >= 11 is 0. The molecule has 2 heterocycles. The van der Waals surface area contributed by atoms with Crippen molar-refractivity contribution in [2.24, 2.45) is 0 Å². The molecule has 0 aliphatic carbocycles. The summed E-state index contributed by atoms with van der Waals surface area (Å²) in [6.45, 7) is 0. The first-order valence-electron chi connectivity index (χ1n) is 8.01. The largest absolute Gasteiger partial charge is 0.360 e. The molecule has 0 radical (unpaired) electrons. The first-order chi connectivity index (χ1) is 11.9. The van der Waals surface area contributed by atoms with Gasteiger partial charge in [-0.1, -0.05) is 48.5 Å². The lowest BCUT2D eigenvalue weighted by atomic mass is 10.1. The average Bonchev–Trinajstić information content (AvgIpc) is 3.23. The third-order valence-electron chi connectivity index (χ3n) is 4.41. The molecule has 5 rings (SSSR count). The third kappa shape index (κ3) is 1.88. The van der Waals surface area contributed by atoms with Gasteiger partial charge in [-0.15, -0.1) is 0 Å². The molecule has 114 valence electrons. The fraction of sp³-hybridized carbons (Fsp3) is 0. The van der Waals surface area contributed by atoms with E-state index in [0.29, 0.717) is 0 Å². The van der Waals surface area contributed by atoms with E-state index in [1.165, 1.54) is 5.39 Å². The van der Waals surface area contributed by atoms with E-state index in [1.54, 1.807) is 0 Å². The van der Waals surface area contributed by atoms with Gasteiger partial charge < -0.3 is 4.98 Å². The number of rotatable bonds is 2. The SMILES string of the molecule is c1ccc(-n2c(-c3c[nH]c4ccccc34)nc3ccccc32)cc1. The zero-order valence-corrected chi connectivity index (χ0v) is 13.0. The Morgan fingerprint density at radius 2 is 1.50 bits per heavy atom. The molecule has 0 fully saturated rings. The van der Waals surface area contributed by atoms with Crippen molar-refractivity contribution in [1.82, 2.24) is 14.5 Å². The Balaban J connectivity index is 1.89. The van der Waals surface area contributed by atoms with Crippen LogP contribution in [-0.2, 0) is 0 Å². The number of aromatic amines is 1. The van der Waals surface area contributed by atoms with Gasteiger partial charge in [0.1, 0.15) is 5.82 Å². The summed E-state index contributed by atoms with van der Waals surface area (Å²) in [5, 5.41) is 1.19. The van der Waals surface area contributed by atoms with Crippen LogP contribution in [0.15, 0.2) is 85.1 Å². The van der Waals surface area contributed by atoms with Crippen LogP contribution in [-0.4, -0.2) is 14.5 Å². The zero-order valence-electron chi connectivity index (χ0n) is 13.0. The zero-order chi connectivity index (χ0) is 15.9. The van der Waals surface area contributed by atoms with Crippen LogP contribution in [0.1, 0.15) is 0 Å². The Hall–Kier alpha value is -3.33. The quantitative estimate of drug-likeness (QED) is 0.479. The molecule has 0 atom stereocenters. The standard InChI is InChI=1S/C21H15N3/c1-2-8-15(9-3-1)24-20-13-7-6-12-19(20)23-21(24)17-14-22-18-11-5-4-10-16(17)18/h1-14,22H. The number of para-hydroxylation sites is 4. The molecular weight excluding hydrogens is 294 g/mol. The Morgan fingerprint density at radius 1 is 0.750 bits per heavy atom. The fourth-order valence-corrected chi connectivity index (χ4v) is 3.30. The Labute approximate surface area is 139 Å². The summed E-state index contributed by atoms with van der Waals surface area (Å²) in [6.07, 6.45) is 2.05. The van der Waals surface area contributed by atoms with E-state index in [4.69, 9.17) is 4.98 Å². The van der Waals surface area contributed by atoms with E-state index in [2.05, 4.69) is 70.2 Å². The minimum absolute atomic E-state index is 0.958. The summed E-state index contributed by atoms with van der Waals surface area (Å²) in [5.74, 6) is 0.958. The molecule has 0 unspecified atom stereocenters. The topological polar surface area (TPSA) is 33.6 Å². The number of benzene rings is 3. The summed E-state index contributed by atoms with van der Waals surface area (Å²) in [4.78, 5) is 8.28. The number of imidazole rings is 1. The molecule has 3 heteroatoms. The molecule has 0 aliphatic heterocycles. The van der Waals surface area contributed by atoms with Crippen LogP contribution in [0.4, 0.5) is 0 Å². The van der Waals surface area contributed by atoms with Gasteiger partial charge in [0.25, 0.3) is 0 Å². The Morgan fingerprint density at radius 3 is 2.42 bits per heavy atom. The van der Waals surface area contributed by atoms with Crippen molar-refractivity contribution in [2.75, 3.05) is 0 Å². The molecule has 3 aromatic carbocycles.